The molecular weight excluding hydrogens is 566 g/mol. The molecular formula is C25H23Br2N3O4. The summed E-state index contributed by atoms with van der Waals surface area (Å²) in [6, 6.07) is 16.1. The van der Waals surface area contributed by atoms with E-state index in [9.17, 15) is 9.59 Å². The summed E-state index contributed by atoms with van der Waals surface area (Å²) in [5, 5.41) is 6.87. The number of methoxy groups -OCH3 is 1. The van der Waals surface area contributed by atoms with E-state index in [-0.39, 0.29) is 18.4 Å². The number of nitrogens with one attached hydrogen (secondary N) is 2. The van der Waals surface area contributed by atoms with Crippen LogP contribution in [-0.4, -0.2) is 31.7 Å². The quantitative estimate of drug-likeness (QED) is 0.264. The monoisotopic (exact) mass is 587 g/mol. The Morgan fingerprint density at radius 1 is 1.06 bits per heavy atom. The molecule has 0 radical (unpaired) electrons. The van der Waals surface area contributed by atoms with Gasteiger partial charge in [-0.3, -0.25) is 9.59 Å². The third kappa shape index (κ3) is 6.68. The van der Waals surface area contributed by atoms with Crippen LogP contribution in [0.2, 0.25) is 0 Å². The summed E-state index contributed by atoms with van der Waals surface area (Å²) in [5.41, 5.74) is 6.48. The highest BCUT2D eigenvalue weighted by Gasteiger charge is 2.14. The lowest BCUT2D eigenvalue weighted by Gasteiger charge is -2.14. The van der Waals surface area contributed by atoms with Crippen molar-refractivity contribution in [2.75, 3.05) is 19.0 Å². The van der Waals surface area contributed by atoms with Gasteiger partial charge in [-0.25, -0.2) is 5.43 Å². The van der Waals surface area contributed by atoms with Crippen LogP contribution in [0, 0.1) is 13.8 Å². The van der Waals surface area contributed by atoms with Gasteiger partial charge in [-0.2, -0.15) is 5.10 Å². The van der Waals surface area contributed by atoms with Crippen LogP contribution in [-0.2, 0) is 4.79 Å². The van der Waals surface area contributed by atoms with Crippen LogP contribution in [0.25, 0.3) is 0 Å². The van der Waals surface area contributed by atoms with Crippen LogP contribution in [0.3, 0.4) is 0 Å². The molecule has 3 rings (SSSR count). The number of carbonyl (C=O) groups excluding carboxylic acids is 2. The molecule has 2 amide bonds. The molecule has 0 heterocycles. The molecule has 9 heteroatoms. The first kappa shape index (κ1) is 25.5. The zero-order chi connectivity index (χ0) is 24.7. The number of ether oxygens (including phenoxy) is 2. The molecule has 0 aromatic heterocycles. The van der Waals surface area contributed by atoms with Crippen LogP contribution in [0.4, 0.5) is 5.69 Å². The largest absolute Gasteiger partial charge is 0.493 e. The third-order valence-electron chi connectivity index (χ3n) is 4.96. The molecule has 2 N–H and O–H groups in total. The fourth-order valence-corrected chi connectivity index (χ4v) is 3.83. The molecule has 7 nitrogen and oxygen atoms in total. The van der Waals surface area contributed by atoms with Crippen LogP contribution >= 0.6 is 31.9 Å². The molecule has 0 atom stereocenters. The van der Waals surface area contributed by atoms with Crippen molar-refractivity contribution < 1.29 is 19.1 Å². The van der Waals surface area contributed by atoms with Gasteiger partial charge in [0.2, 0.25) is 0 Å². The fourth-order valence-electron chi connectivity index (χ4n) is 3.00. The first-order valence-corrected chi connectivity index (χ1v) is 11.8. The number of rotatable bonds is 8. The zero-order valence-electron chi connectivity index (χ0n) is 18.8. The van der Waals surface area contributed by atoms with E-state index in [0.29, 0.717) is 27.1 Å². The van der Waals surface area contributed by atoms with Crippen molar-refractivity contribution >= 4 is 55.6 Å². The van der Waals surface area contributed by atoms with Gasteiger partial charge in [0.25, 0.3) is 11.8 Å². The van der Waals surface area contributed by atoms with E-state index in [4.69, 9.17) is 9.47 Å². The maximum absolute atomic E-state index is 12.4. The van der Waals surface area contributed by atoms with E-state index in [0.717, 1.165) is 21.3 Å². The molecule has 176 valence electrons. The standard InChI is InChI=1S/C25H23Br2N3O4/c1-15-5-4-6-21(16(15)2)29-23(31)14-34-24-20(27)11-17(12-22(24)33-3)13-28-30-25(32)18-7-9-19(26)10-8-18/h4-13H,14H2,1-3H3,(H,29,31)(H,30,32)/b28-13+. The van der Waals surface area contributed by atoms with Crippen molar-refractivity contribution in [2.24, 2.45) is 5.10 Å². The molecule has 0 spiro atoms. The van der Waals surface area contributed by atoms with Gasteiger partial charge in [0.1, 0.15) is 0 Å². The normalized spacial score (nSPS) is 10.7. The van der Waals surface area contributed by atoms with Crippen LogP contribution in [0.15, 0.2) is 68.6 Å². The Labute approximate surface area is 214 Å². The molecule has 0 aliphatic rings. The number of anilines is 1. The zero-order valence-corrected chi connectivity index (χ0v) is 22.0. The number of aryl methyl sites for hydroxylation is 1. The van der Waals surface area contributed by atoms with Crippen molar-refractivity contribution in [3.05, 3.63) is 85.8 Å². The molecule has 34 heavy (non-hydrogen) atoms. The summed E-state index contributed by atoms with van der Waals surface area (Å²) in [6.07, 6.45) is 1.49. The lowest BCUT2D eigenvalue weighted by Crippen LogP contribution is -2.21. The molecule has 0 saturated heterocycles. The third-order valence-corrected chi connectivity index (χ3v) is 6.08. The molecule has 3 aromatic rings. The fraction of sp³-hybridized carbons (Fsp3) is 0.160. The lowest BCUT2D eigenvalue weighted by atomic mass is 10.1. The molecule has 0 aliphatic heterocycles. The molecule has 0 bridgehead atoms. The van der Waals surface area contributed by atoms with Crippen LogP contribution in [0.1, 0.15) is 27.0 Å². The van der Waals surface area contributed by atoms with Gasteiger partial charge in [0.05, 0.1) is 17.8 Å². The average molecular weight is 589 g/mol. The van der Waals surface area contributed by atoms with Crippen molar-refractivity contribution in [2.45, 2.75) is 13.8 Å². The van der Waals surface area contributed by atoms with E-state index in [1.165, 1.54) is 13.3 Å². The first-order valence-electron chi connectivity index (χ1n) is 10.2. The van der Waals surface area contributed by atoms with Crippen LogP contribution in [0.5, 0.6) is 11.5 Å². The van der Waals surface area contributed by atoms with Crippen molar-refractivity contribution in [3.8, 4) is 11.5 Å². The average Bonchev–Trinajstić information content (AvgIpc) is 2.81. The van der Waals surface area contributed by atoms with Crippen LogP contribution < -0.4 is 20.2 Å². The Morgan fingerprint density at radius 2 is 1.79 bits per heavy atom. The van der Waals surface area contributed by atoms with E-state index < -0.39 is 0 Å². The van der Waals surface area contributed by atoms with E-state index in [2.05, 4.69) is 47.7 Å². The second kappa shape index (κ2) is 11.8. The first-order chi connectivity index (χ1) is 16.3. The second-order valence-corrected chi connectivity index (χ2v) is 9.09. The number of halogens is 2. The van der Waals surface area contributed by atoms with Gasteiger partial charge < -0.3 is 14.8 Å². The van der Waals surface area contributed by atoms with E-state index >= 15 is 0 Å². The number of hydrogen-bond donors (Lipinski definition) is 2. The molecule has 0 aliphatic carbocycles. The highest BCUT2D eigenvalue weighted by atomic mass is 79.9. The van der Waals surface area contributed by atoms with Crippen molar-refractivity contribution in [1.29, 1.82) is 0 Å². The highest BCUT2D eigenvalue weighted by Crippen LogP contribution is 2.36. The number of benzene rings is 3. The smallest absolute Gasteiger partial charge is 0.271 e. The predicted octanol–water partition coefficient (Wildman–Crippen LogP) is 5.62. The summed E-state index contributed by atoms with van der Waals surface area (Å²) >= 11 is 6.78. The van der Waals surface area contributed by atoms with Crippen molar-refractivity contribution in [1.82, 2.24) is 5.43 Å². The molecule has 0 saturated carbocycles. The van der Waals surface area contributed by atoms with Gasteiger partial charge in [-0.05, 0) is 88.9 Å². The minimum atomic E-state index is -0.329. The summed E-state index contributed by atoms with van der Waals surface area (Å²) in [5.74, 6) is 0.179. The molecule has 0 unspecified atom stereocenters. The number of hydrazone groups is 1. The second-order valence-electron chi connectivity index (χ2n) is 7.32. The summed E-state index contributed by atoms with van der Waals surface area (Å²) in [6.45, 7) is 3.74. The Kier molecular flexibility index (Phi) is 8.84. The Hall–Kier alpha value is -3.17. The summed E-state index contributed by atoms with van der Waals surface area (Å²) in [7, 11) is 1.50. The minimum absolute atomic E-state index is 0.195. The predicted molar refractivity (Wildman–Crippen MR) is 140 cm³/mol. The summed E-state index contributed by atoms with van der Waals surface area (Å²) < 4.78 is 12.6. The van der Waals surface area contributed by atoms with Gasteiger partial charge in [-0.1, -0.05) is 28.1 Å². The van der Waals surface area contributed by atoms with E-state index in [1.807, 2.05) is 32.0 Å². The topological polar surface area (TPSA) is 89.0 Å². The Bertz CT molecular complexity index is 1230. The minimum Gasteiger partial charge on any atom is -0.493 e. The molecule has 3 aromatic carbocycles. The SMILES string of the molecule is COc1cc(/C=N/NC(=O)c2ccc(Br)cc2)cc(Br)c1OCC(=O)Nc1cccc(C)c1C. The van der Waals surface area contributed by atoms with E-state index in [1.54, 1.807) is 36.4 Å². The number of hydrogen-bond acceptors (Lipinski definition) is 5. The Morgan fingerprint density at radius 3 is 2.50 bits per heavy atom. The van der Waals surface area contributed by atoms with Crippen molar-refractivity contribution in [3.63, 3.8) is 0 Å². The lowest BCUT2D eigenvalue weighted by molar-refractivity contribution is -0.118. The van der Waals surface area contributed by atoms with Gasteiger partial charge in [-0.15, -0.1) is 0 Å². The number of amides is 2. The maximum Gasteiger partial charge on any atom is 0.271 e. The summed E-state index contributed by atoms with van der Waals surface area (Å²) in [4.78, 5) is 24.6. The van der Waals surface area contributed by atoms with Gasteiger partial charge in [0, 0.05) is 15.7 Å². The molecule has 0 fully saturated rings. The highest BCUT2D eigenvalue weighted by molar-refractivity contribution is 9.10. The number of nitrogens with zero attached hydrogens (tertiary/aromatic N) is 1. The van der Waals surface area contributed by atoms with Gasteiger partial charge in [0.15, 0.2) is 18.1 Å². The number of carbonyl (C=O) groups is 2. The Balaban J connectivity index is 1.64. The maximum atomic E-state index is 12.4. The van der Waals surface area contributed by atoms with Gasteiger partial charge >= 0.3 is 0 Å².